The minimum Gasteiger partial charge on any atom is -0.331 e. The molecule has 21 heavy (non-hydrogen) atoms. The van der Waals surface area contributed by atoms with Crippen molar-refractivity contribution in [2.24, 2.45) is 0 Å². The first kappa shape index (κ1) is 14.7. The Labute approximate surface area is 133 Å². The summed E-state index contributed by atoms with van der Waals surface area (Å²) in [6, 6.07) is 4.87. The number of nitrogens with zero attached hydrogens (tertiary/aromatic N) is 2. The highest BCUT2D eigenvalue weighted by Crippen LogP contribution is 2.35. The molecular formula is C15H16Cl2N2O2. The molecule has 2 heterocycles. The van der Waals surface area contributed by atoms with Crippen LogP contribution in [-0.4, -0.2) is 35.8 Å². The van der Waals surface area contributed by atoms with Gasteiger partial charge < -0.3 is 9.80 Å². The Morgan fingerprint density at radius 1 is 1.10 bits per heavy atom. The van der Waals surface area contributed by atoms with Crippen LogP contribution in [0.4, 0.5) is 5.69 Å². The summed E-state index contributed by atoms with van der Waals surface area (Å²) in [7, 11) is 0. The third-order valence-electron chi connectivity index (χ3n) is 4.15. The number of amides is 2. The summed E-state index contributed by atoms with van der Waals surface area (Å²) in [6.07, 6.45) is 2.98. The van der Waals surface area contributed by atoms with Crippen LogP contribution < -0.4 is 4.90 Å². The molecule has 2 aliphatic rings. The average Bonchev–Trinajstić information content (AvgIpc) is 2.62. The van der Waals surface area contributed by atoms with Crippen LogP contribution in [0.5, 0.6) is 0 Å². The molecule has 0 aromatic heterocycles. The molecule has 0 radical (unpaired) electrons. The molecule has 1 aromatic carbocycles. The number of carbonyl (C=O) groups is 2. The molecule has 4 nitrogen and oxygen atoms in total. The van der Waals surface area contributed by atoms with Crippen LogP contribution in [0.25, 0.3) is 0 Å². The number of halogens is 2. The van der Waals surface area contributed by atoms with Gasteiger partial charge in [0.25, 0.3) is 0 Å². The topological polar surface area (TPSA) is 40.6 Å². The lowest BCUT2D eigenvalue weighted by atomic mass is 10.0. The van der Waals surface area contributed by atoms with Crippen molar-refractivity contribution in [3.8, 4) is 0 Å². The van der Waals surface area contributed by atoms with Crippen LogP contribution >= 0.6 is 23.2 Å². The molecule has 2 amide bonds. The summed E-state index contributed by atoms with van der Waals surface area (Å²) in [5.41, 5.74) is 0.592. The molecular weight excluding hydrogens is 311 g/mol. The van der Waals surface area contributed by atoms with Crippen LogP contribution in [0, 0.1) is 0 Å². The summed E-state index contributed by atoms with van der Waals surface area (Å²) in [5, 5.41) is 0.780. The lowest BCUT2D eigenvalue weighted by molar-refractivity contribution is -0.138. The van der Waals surface area contributed by atoms with E-state index < -0.39 is 0 Å². The Balaban J connectivity index is 1.97. The molecule has 1 unspecified atom stereocenters. The number of hydrogen-bond donors (Lipinski definition) is 0. The first-order valence-corrected chi connectivity index (χ1v) is 7.90. The molecule has 0 bridgehead atoms. The third kappa shape index (κ3) is 2.62. The second-order valence-electron chi connectivity index (χ2n) is 5.41. The molecule has 0 N–H and O–H groups in total. The average molecular weight is 327 g/mol. The molecule has 2 aliphatic heterocycles. The highest BCUT2D eigenvalue weighted by atomic mass is 35.5. The predicted octanol–water partition coefficient (Wildman–Crippen LogP) is 3.11. The number of fused-ring (bicyclic) bond motifs is 1. The molecule has 3 rings (SSSR count). The molecule has 0 aliphatic carbocycles. The smallest absolute Gasteiger partial charge is 0.249 e. The fourth-order valence-corrected chi connectivity index (χ4v) is 3.47. The van der Waals surface area contributed by atoms with Crippen LogP contribution in [-0.2, 0) is 9.59 Å². The maximum atomic E-state index is 12.8. The van der Waals surface area contributed by atoms with E-state index in [-0.39, 0.29) is 17.9 Å². The van der Waals surface area contributed by atoms with Crippen molar-refractivity contribution in [2.45, 2.75) is 31.7 Å². The summed E-state index contributed by atoms with van der Waals surface area (Å²) < 4.78 is 0. The van der Waals surface area contributed by atoms with Gasteiger partial charge in [-0.2, -0.15) is 0 Å². The molecule has 0 saturated carbocycles. The van der Waals surface area contributed by atoms with Crippen molar-refractivity contribution in [2.75, 3.05) is 18.0 Å². The van der Waals surface area contributed by atoms with E-state index >= 15 is 0 Å². The molecule has 112 valence electrons. The largest absolute Gasteiger partial charge is 0.331 e. The van der Waals surface area contributed by atoms with Gasteiger partial charge >= 0.3 is 0 Å². The van der Waals surface area contributed by atoms with Crippen molar-refractivity contribution in [1.29, 1.82) is 0 Å². The molecule has 2 fully saturated rings. The zero-order chi connectivity index (χ0) is 15.0. The highest BCUT2D eigenvalue weighted by Gasteiger charge is 2.38. The van der Waals surface area contributed by atoms with Crippen molar-refractivity contribution < 1.29 is 9.59 Å². The fraction of sp³-hybridized carbons (Fsp3) is 0.467. The van der Waals surface area contributed by atoms with Crippen molar-refractivity contribution in [1.82, 2.24) is 4.90 Å². The van der Waals surface area contributed by atoms with Gasteiger partial charge in [-0.3, -0.25) is 9.59 Å². The number of benzene rings is 1. The summed E-state index contributed by atoms with van der Waals surface area (Å²) in [4.78, 5) is 28.4. The summed E-state index contributed by atoms with van der Waals surface area (Å²) in [6.45, 7) is 1.02. The van der Waals surface area contributed by atoms with Gasteiger partial charge in [-0.15, -0.1) is 0 Å². The van der Waals surface area contributed by atoms with Crippen molar-refractivity contribution >= 4 is 40.7 Å². The lowest BCUT2D eigenvalue weighted by Gasteiger charge is -2.34. The number of anilines is 1. The number of hydrogen-bond acceptors (Lipinski definition) is 2. The van der Waals surface area contributed by atoms with Crippen LogP contribution in [0.1, 0.15) is 25.7 Å². The maximum Gasteiger partial charge on any atom is 0.249 e. The lowest BCUT2D eigenvalue weighted by Crippen LogP contribution is -2.49. The Bertz CT molecular complexity index is 591. The zero-order valence-electron chi connectivity index (χ0n) is 11.5. The third-order valence-corrected chi connectivity index (χ3v) is 4.95. The minimum atomic E-state index is -0.358. The van der Waals surface area contributed by atoms with E-state index in [4.69, 9.17) is 23.2 Å². The van der Waals surface area contributed by atoms with Gasteiger partial charge in [0.2, 0.25) is 11.8 Å². The van der Waals surface area contributed by atoms with E-state index in [1.807, 2.05) is 0 Å². The Hall–Kier alpha value is -1.26. The van der Waals surface area contributed by atoms with Crippen LogP contribution in [0.3, 0.4) is 0 Å². The van der Waals surface area contributed by atoms with E-state index in [1.54, 1.807) is 28.0 Å². The van der Waals surface area contributed by atoms with Crippen molar-refractivity contribution in [3.05, 3.63) is 28.2 Å². The Morgan fingerprint density at radius 3 is 2.71 bits per heavy atom. The number of piperidine rings is 1. The second kappa shape index (κ2) is 5.85. The van der Waals surface area contributed by atoms with Crippen molar-refractivity contribution in [3.63, 3.8) is 0 Å². The minimum absolute atomic E-state index is 0.0497. The van der Waals surface area contributed by atoms with Crippen LogP contribution in [0.2, 0.25) is 10.0 Å². The number of carbonyl (C=O) groups excluding carboxylic acids is 2. The highest BCUT2D eigenvalue weighted by molar-refractivity contribution is 6.44. The van der Waals surface area contributed by atoms with Crippen LogP contribution in [0.15, 0.2) is 18.2 Å². The van der Waals surface area contributed by atoms with Gasteiger partial charge in [-0.05, 0) is 31.4 Å². The molecule has 1 aromatic rings. The second-order valence-corrected chi connectivity index (χ2v) is 6.20. The van der Waals surface area contributed by atoms with E-state index in [9.17, 15) is 9.59 Å². The molecule has 1 atom stereocenters. The molecule has 6 heteroatoms. The predicted molar refractivity (Wildman–Crippen MR) is 82.8 cm³/mol. The maximum absolute atomic E-state index is 12.8. The van der Waals surface area contributed by atoms with E-state index in [2.05, 4.69) is 0 Å². The number of rotatable bonds is 1. The molecule has 2 saturated heterocycles. The van der Waals surface area contributed by atoms with Gasteiger partial charge in [-0.1, -0.05) is 29.3 Å². The van der Waals surface area contributed by atoms with Gasteiger partial charge in [0, 0.05) is 19.5 Å². The van der Waals surface area contributed by atoms with E-state index in [0.29, 0.717) is 35.2 Å². The van der Waals surface area contributed by atoms with Gasteiger partial charge in [0.05, 0.1) is 15.7 Å². The van der Waals surface area contributed by atoms with Gasteiger partial charge in [-0.25, -0.2) is 0 Å². The summed E-state index contributed by atoms with van der Waals surface area (Å²) >= 11 is 12.3. The van der Waals surface area contributed by atoms with E-state index in [0.717, 1.165) is 19.3 Å². The monoisotopic (exact) mass is 326 g/mol. The summed E-state index contributed by atoms with van der Waals surface area (Å²) in [5.74, 6) is -0.00147. The standard InChI is InChI=1S/C15H16Cl2N2O2/c16-10-4-3-6-11(14(10)17)19-9-7-13(20)18-8-2-1-5-12(18)15(19)21/h3-4,6,12H,1-2,5,7-9H2. The first-order valence-electron chi connectivity index (χ1n) is 7.14. The first-order chi connectivity index (χ1) is 10.1. The van der Waals surface area contributed by atoms with Gasteiger partial charge in [0.1, 0.15) is 6.04 Å². The fourth-order valence-electron chi connectivity index (χ4n) is 3.07. The quantitative estimate of drug-likeness (QED) is 0.795. The normalized spacial score (nSPS) is 23.0. The van der Waals surface area contributed by atoms with E-state index in [1.165, 1.54) is 0 Å². The Morgan fingerprint density at radius 2 is 1.90 bits per heavy atom. The Kier molecular flexibility index (Phi) is 4.09. The SMILES string of the molecule is O=C1C2CCCCN2C(=O)CCN1c1cccc(Cl)c1Cl. The zero-order valence-corrected chi connectivity index (χ0v) is 13.0. The molecule has 0 spiro atoms. The van der Waals surface area contributed by atoms with Gasteiger partial charge in [0.15, 0.2) is 0 Å².